The number of aliphatic hydroxyl groups is 1. The summed E-state index contributed by atoms with van der Waals surface area (Å²) in [5, 5.41) is 14.9. The van der Waals surface area contributed by atoms with Crippen LogP contribution in [0.4, 0.5) is 0 Å². The van der Waals surface area contributed by atoms with Crippen LogP contribution in [0.1, 0.15) is 56.8 Å². The zero-order chi connectivity index (χ0) is 28.6. The third-order valence-electron chi connectivity index (χ3n) is 5.98. The summed E-state index contributed by atoms with van der Waals surface area (Å²) >= 11 is 2.06. The summed E-state index contributed by atoms with van der Waals surface area (Å²) in [5.41, 5.74) is 0.182. The zero-order valence-corrected chi connectivity index (χ0v) is 24.4. The van der Waals surface area contributed by atoms with Gasteiger partial charge in [0.2, 0.25) is 11.8 Å². The first-order valence-electron chi connectivity index (χ1n) is 12.8. The number of amides is 2. The maximum Gasteiger partial charge on any atom is 0.339 e. The maximum atomic E-state index is 12.9. The molecule has 214 valence electrons. The Balaban J connectivity index is 1.47. The van der Waals surface area contributed by atoms with Crippen LogP contribution in [0.5, 0.6) is 0 Å². The van der Waals surface area contributed by atoms with Crippen molar-refractivity contribution >= 4 is 46.3 Å². The van der Waals surface area contributed by atoms with Crippen molar-refractivity contribution in [3.63, 3.8) is 0 Å². The van der Waals surface area contributed by atoms with E-state index >= 15 is 0 Å². The highest BCUT2D eigenvalue weighted by molar-refractivity contribution is 14.1. The Hall–Kier alpha value is -2.55. The molecule has 3 rings (SSSR count). The molecule has 0 bridgehead atoms. The first-order valence-corrected chi connectivity index (χ1v) is 13.8. The number of halogens is 1. The van der Waals surface area contributed by atoms with E-state index in [9.17, 15) is 24.3 Å². The molecule has 39 heavy (non-hydrogen) atoms. The van der Waals surface area contributed by atoms with Crippen molar-refractivity contribution in [1.82, 2.24) is 10.6 Å². The molecule has 12 heteroatoms. The Labute approximate surface area is 241 Å². The zero-order valence-electron chi connectivity index (χ0n) is 22.2. The molecule has 0 spiro atoms. The van der Waals surface area contributed by atoms with Gasteiger partial charge in [0.05, 0.1) is 18.2 Å². The molecule has 1 aromatic rings. The van der Waals surface area contributed by atoms with E-state index in [1.54, 1.807) is 45.0 Å². The van der Waals surface area contributed by atoms with Crippen LogP contribution in [-0.2, 0) is 33.3 Å². The first kappa shape index (κ1) is 31.0. The van der Waals surface area contributed by atoms with E-state index in [-0.39, 0.29) is 51.5 Å². The highest BCUT2D eigenvalue weighted by atomic mass is 127. The van der Waals surface area contributed by atoms with Crippen LogP contribution in [0.25, 0.3) is 0 Å². The van der Waals surface area contributed by atoms with Crippen LogP contribution in [0.3, 0.4) is 0 Å². The molecular weight excluding hydrogens is 623 g/mol. The van der Waals surface area contributed by atoms with Crippen molar-refractivity contribution in [3.8, 4) is 0 Å². The van der Waals surface area contributed by atoms with E-state index < -0.39 is 47.8 Å². The van der Waals surface area contributed by atoms with Gasteiger partial charge in [0.1, 0.15) is 30.7 Å². The summed E-state index contributed by atoms with van der Waals surface area (Å²) in [5.74, 6) is -1.71. The highest BCUT2D eigenvalue weighted by Gasteiger charge is 2.42. The quantitative estimate of drug-likeness (QED) is 0.240. The van der Waals surface area contributed by atoms with E-state index in [0.717, 1.165) is 3.57 Å². The van der Waals surface area contributed by atoms with E-state index in [4.69, 9.17) is 18.9 Å². The average molecular weight is 658 g/mol. The minimum absolute atomic E-state index is 0.0256. The van der Waals surface area contributed by atoms with E-state index in [1.807, 2.05) is 6.07 Å². The van der Waals surface area contributed by atoms with Gasteiger partial charge in [-0.05, 0) is 68.0 Å². The summed E-state index contributed by atoms with van der Waals surface area (Å²) in [4.78, 5) is 49.8. The Morgan fingerprint density at radius 1 is 1.15 bits per heavy atom. The third-order valence-corrected chi connectivity index (χ3v) is 6.92. The van der Waals surface area contributed by atoms with Crippen molar-refractivity contribution in [3.05, 3.63) is 45.0 Å². The van der Waals surface area contributed by atoms with Crippen molar-refractivity contribution < 1.29 is 43.2 Å². The van der Waals surface area contributed by atoms with Gasteiger partial charge in [0.15, 0.2) is 0 Å². The Morgan fingerprint density at radius 2 is 1.90 bits per heavy atom. The van der Waals surface area contributed by atoms with Crippen LogP contribution < -0.4 is 10.6 Å². The molecule has 0 radical (unpaired) electrons. The topological polar surface area (TPSA) is 149 Å². The molecule has 1 aromatic carbocycles. The van der Waals surface area contributed by atoms with Gasteiger partial charge in [-0.2, -0.15) is 0 Å². The molecule has 1 aliphatic heterocycles. The fourth-order valence-corrected chi connectivity index (χ4v) is 4.76. The number of carbonyl (C=O) groups is 4. The molecule has 2 amide bonds. The number of nitrogens with one attached hydrogen (secondary N) is 2. The number of hydrogen-bond acceptors (Lipinski definition) is 9. The largest absolute Gasteiger partial charge is 0.460 e. The van der Waals surface area contributed by atoms with Crippen molar-refractivity contribution in [2.24, 2.45) is 0 Å². The maximum absolute atomic E-state index is 12.9. The molecule has 1 saturated heterocycles. The fraction of sp³-hybridized carbons (Fsp3) is 0.556. The van der Waals surface area contributed by atoms with Crippen LogP contribution >= 0.6 is 22.6 Å². The van der Waals surface area contributed by atoms with Crippen LogP contribution in [0, 0.1) is 3.57 Å². The van der Waals surface area contributed by atoms with Crippen LogP contribution in [-0.4, -0.2) is 78.8 Å². The van der Waals surface area contributed by atoms with Gasteiger partial charge in [-0.3, -0.25) is 14.4 Å². The third kappa shape index (κ3) is 9.55. The number of aliphatic hydroxyl groups excluding tert-OH is 1. The minimum atomic E-state index is -0.717. The molecule has 1 fully saturated rings. The summed E-state index contributed by atoms with van der Waals surface area (Å²) in [6.45, 7) is 5.03. The second-order valence-corrected chi connectivity index (χ2v) is 11.4. The van der Waals surface area contributed by atoms with Gasteiger partial charge < -0.3 is 34.7 Å². The second-order valence-electron chi connectivity index (χ2n) is 10.3. The van der Waals surface area contributed by atoms with Gasteiger partial charge in [0.25, 0.3) is 0 Å². The van der Waals surface area contributed by atoms with Crippen molar-refractivity contribution in [1.29, 1.82) is 0 Å². The molecule has 1 heterocycles. The lowest BCUT2D eigenvalue weighted by Gasteiger charge is -2.30. The molecular formula is C27H35IN2O9. The van der Waals surface area contributed by atoms with Crippen molar-refractivity contribution in [2.45, 2.75) is 76.4 Å². The lowest BCUT2D eigenvalue weighted by atomic mass is 9.91. The number of rotatable bonds is 11. The predicted molar refractivity (Wildman–Crippen MR) is 147 cm³/mol. The molecule has 4 unspecified atom stereocenters. The molecule has 2 aliphatic rings. The van der Waals surface area contributed by atoms with E-state index in [0.29, 0.717) is 11.1 Å². The predicted octanol–water partition coefficient (Wildman–Crippen LogP) is 1.99. The number of fused-ring (bicyclic) bond motifs is 1. The van der Waals surface area contributed by atoms with Gasteiger partial charge in [-0.25, -0.2) is 4.79 Å². The monoisotopic (exact) mass is 658 g/mol. The number of esters is 2. The number of ether oxygens (including phenoxy) is 4. The van der Waals surface area contributed by atoms with Gasteiger partial charge in [-0.1, -0.05) is 12.1 Å². The molecule has 0 saturated carbocycles. The Bertz CT molecular complexity index is 1090. The molecule has 0 aromatic heterocycles. The Kier molecular flexibility index (Phi) is 11.3. The van der Waals surface area contributed by atoms with Crippen LogP contribution in [0.2, 0.25) is 0 Å². The normalized spacial score (nSPS) is 21.3. The summed E-state index contributed by atoms with van der Waals surface area (Å²) < 4.78 is 22.9. The van der Waals surface area contributed by atoms with E-state index in [1.165, 1.54) is 0 Å². The van der Waals surface area contributed by atoms with Crippen LogP contribution in [0.15, 0.2) is 35.9 Å². The van der Waals surface area contributed by atoms with Gasteiger partial charge >= 0.3 is 11.9 Å². The fourth-order valence-electron chi connectivity index (χ4n) is 4.15. The number of hydrogen-bond donors (Lipinski definition) is 3. The molecule has 1 aliphatic carbocycles. The molecule has 4 atom stereocenters. The summed E-state index contributed by atoms with van der Waals surface area (Å²) in [7, 11) is 0. The van der Waals surface area contributed by atoms with Crippen molar-refractivity contribution in [2.75, 3.05) is 19.9 Å². The number of carbonyl (C=O) groups excluding carboxylic acids is 4. The SMILES string of the molecule is CC(C)(C)OC(=O)CCC(CO)NC(=O)CCNC(=O)C1=CC2OCOC2C(OC(=O)c2ccccc2I)C1. The lowest BCUT2D eigenvalue weighted by molar-refractivity contribution is -0.155. The summed E-state index contributed by atoms with van der Waals surface area (Å²) in [6.07, 6.45) is 0.264. The van der Waals surface area contributed by atoms with Gasteiger partial charge in [0, 0.05) is 35.0 Å². The lowest BCUT2D eigenvalue weighted by Crippen LogP contribution is -2.44. The van der Waals surface area contributed by atoms with Gasteiger partial charge in [-0.15, -0.1) is 0 Å². The Morgan fingerprint density at radius 3 is 2.59 bits per heavy atom. The standard InChI is InChI=1S/C27H35IN2O9/c1-27(2,3)39-23(33)9-8-17(14-31)30-22(32)10-11-29-25(34)16-12-20-24(37-15-36-20)21(13-16)38-26(35)18-6-4-5-7-19(18)28/h4-7,12,17,20-21,24,31H,8-11,13-15H2,1-3H3,(H,29,34)(H,30,32). The smallest absolute Gasteiger partial charge is 0.339 e. The molecule has 3 N–H and O–H groups in total. The second kappa shape index (κ2) is 14.2. The molecule has 11 nitrogen and oxygen atoms in total. The average Bonchev–Trinajstić information content (AvgIpc) is 3.34. The van der Waals surface area contributed by atoms with E-state index in [2.05, 4.69) is 33.2 Å². The highest BCUT2D eigenvalue weighted by Crippen LogP contribution is 2.31. The number of benzene rings is 1. The minimum Gasteiger partial charge on any atom is -0.460 e. The summed E-state index contributed by atoms with van der Waals surface area (Å²) in [6, 6.07) is 6.43. The first-order chi connectivity index (χ1) is 18.5.